The fourth-order valence-corrected chi connectivity index (χ4v) is 10.4. The molecule has 63 heavy (non-hydrogen) atoms. The van der Waals surface area contributed by atoms with Gasteiger partial charge in [-0.1, -0.05) is 197 Å². The summed E-state index contributed by atoms with van der Waals surface area (Å²) < 4.78 is 3.85. The molecule has 4 heteroatoms. The van der Waals surface area contributed by atoms with Crippen LogP contribution < -0.4 is 25.6 Å². The first-order valence-corrected chi connectivity index (χ1v) is 23.0. The zero-order valence-electron chi connectivity index (χ0n) is 39.5. The summed E-state index contributed by atoms with van der Waals surface area (Å²) in [6.45, 7) is 30.5. The minimum atomic E-state index is -0.0858. The van der Waals surface area contributed by atoms with Gasteiger partial charge in [0.2, 0.25) is 18.1 Å². The average Bonchev–Trinajstić information content (AvgIpc) is 3.73. The quantitative estimate of drug-likeness (QED) is 0.0681. The van der Waals surface area contributed by atoms with Crippen molar-refractivity contribution in [3.05, 3.63) is 187 Å². The molecule has 2 atom stereocenters. The lowest BCUT2D eigenvalue weighted by atomic mass is 9.36. The number of hydrogen-bond acceptors (Lipinski definition) is 0. The van der Waals surface area contributed by atoms with Gasteiger partial charge in [-0.3, -0.25) is 0 Å². The van der Waals surface area contributed by atoms with Gasteiger partial charge in [0.15, 0.2) is 18.0 Å². The van der Waals surface area contributed by atoms with Gasteiger partial charge < -0.3 is 4.57 Å². The van der Waals surface area contributed by atoms with Crippen molar-refractivity contribution in [2.45, 2.75) is 105 Å². The van der Waals surface area contributed by atoms with Crippen LogP contribution in [0.2, 0.25) is 0 Å². The smallest absolute Gasteiger partial charge is 0.241 e. The van der Waals surface area contributed by atoms with Gasteiger partial charge in [0, 0.05) is 46.8 Å². The van der Waals surface area contributed by atoms with E-state index in [2.05, 4.69) is 252 Å². The van der Waals surface area contributed by atoms with Gasteiger partial charge in [-0.25, -0.2) is 0 Å². The lowest BCUT2D eigenvalue weighted by molar-refractivity contribution is 0.423. The van der Waals surface area contributed by atoms with E-state index in [4.69, 9.17) is 0 Å². The highest BCUT2D eigenvalue weighted by Crippen LogP contribution is 2.75. The molecule has 316 valence electrons. The Kier molecular flexibility index (Phi) is 9.13. The summed E-state index contributed by atoms with van der Waals surface area (Å²) in [6.07, 6.45) is 0. The first-order valence-electron chi connectivity index (χ1n) is 23.0. The topological polar surface area (TPSA) is 4.93 Å². The average molecular weight is 825 g/mol. The highest BCUT2D eigenvalue weighted by molar-refractivity contribution is 6.95. The number of quaternary nitrogens is 2. The van der Waals surface area contributed by atoms with Gasteiger partial charge in [-0.2, -0.15) is 9.18 Å². The molecule has 0 N–H and O–H groups in total. The van der Waals surface area contributed by atoms with Crippen molar-refractivity contribution in [2.75, 3.05) is 0 Å². The van der Waals surface area contributed by atoms with Crippen LogP contribution >= 0.6 is 0 Å². The van der Waals surface area contributed by atoms with E-state index in [-0.39, 0.29) is 28.4 Å². The minimum Gasteiger partial charge on any atom is -0.309 e. The lowest BCUT2D eigenvalue weighted by Crippen LogP contribution is -2.53. The zero-order chi connectivity index (χ0) is 44.5. The number of hydrogen-bond donors (Lipinski definition) is 0. The summed E-state index contributed by atoms with van der Waals surface area (Å²) >= 11 is 0. The molecule has 1 unspecified atom stereocenters. The third-order valence-corrected chi connectivity index (χ3v) is 14.1. The number of rotatable bonds is 6. The van der Waals surface area contributed by atoms with Crippen molar-refractivity contribution in [1.29, 1.82) is 0 Å². The van der Waals surface area contributed by atoms with E-state index in [0.717, 1.165) is 0 Å². The first kappa shape index (κ1) is 41.3. The predicted molar refractivity (Wildman–Crippen MR) is 273 cm³/mol. The standard InChI is InChI=1S/C59H63BN3/c1-56(2,3)40-20-18-24-47(33-40)61-52-27-17-16-26-50(52)51-30-29-45(38-53(51)61)60(44-22-14-13-15-23-44)46-32-43(59(10,11)12)35-49(37-46)63-39-62(63,48-25-19-21-41(34-48)57(4,5)6)54-31-28-42(36-55(54)63)58(7,8)9/h13-39H,1-12H3/q+1/t62-,63?/m0/s1. The zero-order valence-corrected chi connectivity index (χ0v) is 39.5. The molecule has 0 radical (unpaired) electrons. The van der Waals surface area contributed by atoms with E-state index in [1.54, 1.807) is 0 Å². The van der Waals surface area contributed by atoms with Crippen LogP contribution in [0, 0.1) is 6.67 Å². The molecule has 1 saturated heterocycles. The van der Waals surface area contributed by atoms with Crippen LogP contribution in [0.5, 0.6) is 0 Å². The Morgan fingerprint density at radius 1 is 0.381 bits per heavy atom. The van der Waals surface area contributed by atoms with Crippen molar-refractivity contribution in [3.63, 3.8) is 0 Å². The molecule has 1 aromatic heterocycles. The molecule has 1 fully saturated rings. The Bertz CT molecular complexity index is 3090. The summed E-state index contributed by atoms with van der Waals surface area (Å²) in [5.74, 6) is 0. The molecular weight excluding hydrogens is 761 g/mol. The SMILES string of the molecule is CC(C)(C)c1cccc(-n2c3ccccc3c3ccc(B(c4ccccc4)c4cc(C(C)(C)C)cc([N+]56[CH-][N@+]5(c5cccc(C(C)(C)C)c5)c5ccc(C(C)(C)C)cc56)c4)cc32)c1. The number of aromatic nitrogens is 1. The van der Waals surface area contributed by atoms with Crippen molar-refractivity contribution in [3.8, 4) is 5.69 Å². The van der Waals surface area contributed by atoms with Gasteiger partial charge in [0.05, 0.1) is 11.0 Å². The summed E-state index contributed by atoms with van der Waals surface area (Å²) in [5, 5.41) is 2.55. The maximum atomic E-state index is 2.57. The summed E-state index contributed by atoms with van der Waals surface area (Å²) in [4.78, 5) is 0. The number of nitrogens with zero attached hydrogens (tertiary/aromatic N) is 3. The molecule has 3 nitrogen and oxygen atoms in total. The van der Waals surface area contributed by atoms with E-state index in [9.17, 15) is 0 Å². The first-order chi connectivity index (χ1) is 29.7. The molecule has 2 aliphatic heterocycles. The summed E-state index contributed by atoms with van der Waals surface area (Å²) in [6, 6.07) is 60.7. The molecule has 10 rings (SSSR count). The fraction of sp³-hybridized carbons (Fsp3) is 0.271. The van der Waals surface area contributed by atoms with Gasteiger partial charge in [0.25, 0.3) is 0 Å². The number of benzene rings is 7. The lowest BCUT2D eigenvalue weighted by Gasteiger charge is -2.41. The van der Waals surface area contributed by atoms with Gasteiger partial charge >= 0.3 is 0 Å². The number of fused-ring (bicyclic) bond motifs is 7. The third kappa shape index (κ3) is 6.47. The van der Waals surface area contributed by atoms with Gasteiger partial charge in [0.1, 0.15) is 0 Å². The minimum absolute atomic E-state index is 0.00468. The van der Waals surface area contributed by atoms with Crippen molar-refractivity contribution >= 4 is 67.7 Å². The van der Waals surface area contributed by atoms with E-state index in [0.29, 0.717) is 9.18 Å². The molecular formula is C59H63BN3+. The number of para-hydroxylation sites is 1. The monoisotopic (exact) mass is 825 g/mol. The van der Waals surface area contributed by atoms with E-state index < -0.39 is 0 Å². The van der Waals surface area contributed by atoms with Crippen LogP contribution in [0.4, 0.5) is 22.7 Å². The molecule has 0 bridgehead atoms. The predicted octanol–water partition coefficient (Wildman–Crippen LogP) is 13.8. The molecule has 0 amide bonds. The molecule has 0 aliphatic carbocycles. The largest absolute Gasteiger partial charge is 0.309 e. The Hall–Kier alpha value is -5.68. The van der Waals surface area contributed by atoms with E-state index >= 15 is 0 Å². The van der Waals surface area contributed by atoms with E-state index in [1.807, 2.05) is 0 Å². The molecule has 8 aromatic rings. The fourth-order valence-electron chi connectivity index (χ4n) is 10.4. The second-order valence-electron chi connectivity index (χ2n) is 22.6. The molecule has 2 aliphatic rings. The van der Waals surface area contributed by atoms with Crippen LogP contribution in [0.3, 0.4) is 0 Å². The molecule has 3 heterocycles. The highest BCUT2D eigenvalue weighted by Gasteiger charge is 2.78. The highest BCUT2D eigenvalue weighted by atomic mass is 16.1. The summed E-state index contributed by atoms with van der Waals surface area (Å²) in [7, 11) is 0. The molecule has 0 spiro atoms. The van der Waals surface area contributed by atoms with Crippen LogP contribution in [0.1, 0.15) is 105 Å². The maximum Gasteiger partial charge on any atom is 0.241 e. The van der Waals surface area contributed by atoms with Gasteiger partial charge in [-0.15, -0.1) is 0 Å². The van der Waals surface area contributed by atoms with Crippen molar-refractivity contribution < 1.29 is 0 Å². The normalized spacial score (nSPS) is 18.5. The molecule has 7 aromatic carbocycles. The Balaban J connectivity index is 1.22. The second kappa shape index (κ2) is 13.9. The summed E-state index contributed by atoms with van der Waals surface area (Å²) in [5.41, 5.74) is 18.3. The van der Waals surface area contributed by atoms with E-state index in [1.165, 1.54) is 88.9 Å². The van der Waals surface area contributed by atoms with Crippen LogP contribution in [-0.4, -0.2) is 11.3 Å². The van der Waals surface area contributed by atoms with Crippen molar-refractivity contribution in [1.82, 2.24) is 13.8 Å². The Labute approximate surface area is 376 Å². The van der Waals surface area contributed by atoms with Crippen LogP contribution in [0.25, 0.3) is 27.5 Å². The maximum absolute atomic E-state index is 2.57. The molecule has 0 saturated carbocycles. The van der Waals surface area contributed by atoms with Crippen molar-refractivity contribution in [2.24, 2.45) is 0 Å². The van der Waals surface area contributed by atoms with Gasteiger partial charge in [-0.05, 0) is 74.2 Å². The Morgan fingerprint density at radius 3 is 1.67 bits per heavy atom. The third-order valence-electron chi connectivity index (χ3n) is 14.1. The second-order valence-corrected chi connectivity index (χ2v) is 22.6. The van der Waals surface area contributed by atoms with Crippen LogP contribution in [0.15, 0.2) is 158 Å². The Morgan fingerprint density at radius 2 is 0.968 bits per heavy atom. The van der Waals surface area contributed by atoms with Crippen LogP contribution in [-0.2, 0) is 21.7 Å².